The van der Waals surface area contributed by atoms with E-state index in [0.717, 1.165) is 32.1 Å². The van der Waals surface area contributed by atoms with Crippen LogP contribution in [0, 0.1) is 11.8 Å². The first-order valence-corrected chi connectivity index (χ1v) is 11.2. The first kappa shape index (κ1) is 24.3. The topological polar surface area (TPSA) is 80.7 Å². The highest BCUT2D eigenvalue weighted by Crippen LogP contribution is 2.31. The van der Waals surface area contributed by atoms with Crippen LogP contribution in [0.2, 0.25) is 0 Å². The first-order chi connectivity index (χ1) is 14.3. The van der Waals surface area contributed by atoms with E-state index >= 15 is 0 Å². The van der Waals surface area contributed by atoms with E-state index in [9.17, 15) is 19.5 Å². The van der Waals surface area contributed by atoms with E-state index in [0.29, 0.717) is 25.7 Å². The number of Topliss-reactive ketones (excluding diaryl/α,β-unsaturated/α-hetero) is 2. The normalized spacial score (nSPS) is 22.4. The molecule has 0 radical (unpaired) electrons. The van der Waals surface area contributed by atoms with Crippen LogP contribution >= 0.6 is 0 Å². The molecule has 0 heterocycles. The summed E-state index contributed by atoms with van der Waals surface area (Å²) in [6, 6.07) is 0. The molecular weight excluding hydrogens is 380 g/mol. The van der Waals surface area contributed by atoms with Gasteiger partial charge in [0, 0.05) is 18.8 Å². The molecule has 30 heavy (non-hydrogen) atoms. The second-order valence-corrected chi connectivity index (χ2v) is 8.72. The molecule has 0 spiro atoms. The lowest BCUT2D eigenvalue weighted by Crippen LogP contribution is -2.34. The maximum Gasteiger partial charge on any atom is 0.316 e. The third-order valence-corrected chi connectivity index (χ3v) is 6.03. The summed E-state index contributed by atoms with van der Waals surface area (Å²) in [5.74, 6) is -2.19. The van der Waals surface area contributed by atoms with E-state index in [-0.39, 0.29) is 18.0 Å². The predicted molar refractivity (Wildman–Crippen MR) is 117 cm³/mol. The van der Waals surface area contributed by atoms with Gasteiger partial charge in [-0.15, -0.1) is 0 Å². The molecule has 0 amide bonds. The average Bonchev–Trinajstić information content (AvgIpc) is 3.38. The summed E-state index contributed by atoms with van der Waals surface area (Å²) in [4.78, 5) is 36.6. The van der Waals surface area contributed by atoms with Crippen molar-refractivity contribution in [1.82, 2.24) is 0 Å². The molecule has 0 aliphatic heterocycles. The number of ether oxygens (including phenoxy) is 1. The Morgan fingerprint density at radius 3 is 2.70 bits per heavy atom. The van der Waals surface area contributed by atoms with Gasteiger partial charge in [-0.25, -0.2) is 0 Å². The summed E-state index contributed by atoms with van der Waals surface area (Å²) >= 11 is 0. The molecule has 0 bridgehead atoms. The van der Waals surface area contributed by atoms with Crippen LogP contribution in [0.1, 0.15) is 77.6 Å². The predicted octanol–water partition coefficient (Wildman–Crippen LogP) is 4.64. The zero-order valence-electron chi connectivity index (χ0n) is 18.4. The number of rotatable bonds is 12. The van der Waals surface area contributed by atoms with Crippen molar-refractivity contribution in [2.45, 2.75) is 83.2 Å². The highest BCUT2D eigenvalue weighted by atomic mass is 16.5. The molecule has 2 aliphatic carbocycles. The molecule has 3 atom stereocenters. The number of aliphatic hydroxyl groups is 1. The van der Waals surface area contributed by atoms with E-state index in [1.807, 2.05) is 24.3 Å². The average molecular weight is 417 g/mol. The van der Waals surface area contributed by atoms with Crippen molar-refractivity contribution in [1.29, 1.82) is 0 Å². The highest BCUT2D eigenvalue weighted by molar-refractivity contribution is 6.03. The van der Waals surface area contributed by atoms with Crippen LogP contribution in [-0.4, -0.2) is 35.4 Å². The number of esters is 1. The van der Waals surface area contributed by atoms with E-state index in [2.05, 4.69) is 6.08 Å². The molecule has 1 unspecified atom stereocenters. The van der Waals surface area contributed by atoms with Crippen LogP contribution in [0.25, 0.3) is 0 Å². The molecule has 2 aliphatic rings. The molecule has 0 aromatic heterocycles. The van der Waals surface area contributed by atoms with Gasteiger partial charge in [0.2, 0.25) is 0 Å². The minimum absolute atomic E-state index is 0.00649. The van der Waals surface area contributed by atoms with Gasteiger partial charge in [-0.3, -0.25) is 14.4 Å². The van der Waals surface area contributed by atoms with Gasteiger partial charge in [0.15, 0.2) is 0 Å². The van der Waals surface area contributed by atoms with Crippen LogP contribution in [0.3, 0.4) is 0 Å². The molecule has 5 nitrogen and oxygen atoms in total. The van der Waals surface area contributed by atoms with Crippen molar-refractivity contribution >= 4 is 17.5 Å². The van der Waals surface area contributed by atoms with E-state index in [1.54, 1.807) is 6.92 Å². The largest absolute Gasteiger partial charge is 0.468 e. The first-order valence-electron chi connectivity index (χ1n) is 11.2. The van der Waals surface area contributed by atoms with E-state index in [1.165, 1.54) is 19.1 Å². The molecular formula is C25H36O5. The molecule has 166 valence electrons. The molecule has 2 rings (SSSR count). The number of unbranched alkanes of at least 4 members (excludes halogenated alkanes) is 2. The number of hydrogen-bond acceptors (Lipinski definition) is 5. The molecule has 0 saturated heterocycles. The molecule has 1 N–H and O–H groups in total. The Morgan fingerprint density at radius 2 is 2.07 bits per heavy atom. The lowest BCUT2D eigenvalue weighted by atomic mass is 9.84. The second-order valence-electron chi connectivity index (χ2n) is 8.72. The standard InChI is InChI=1S/C25H36O5/c1-25(29,18-16-19-11-7-8-12-19)17-9-5-3-4-6-14-22(27)23(24(28)30-2)20-13-10-15-21(20)26/h5,9,11,16,18,20,23,29H,3-4,6-8,10,12-15,17H2,1-2H3/t20-,23?,25+/m0/s1. The lowest BCUT2D eigenvalue weighted by molar-refractivity contribution is -0.153. The fraction of sp³-hybridized carbons (Fsp3) is 0.640. The monoisotopic (exact) mass is 416 g/mol. The van der Waals surface area contributed by atoms with Crippen molar-refractivity contribution in [3.8, 4) is 0 Å². The summed E-state index contributed by atoms with van der Waals surface area (Å²) in [7, 11) is 1.27. The Balaban J connectivity index is 1.69. The summed E-state index contributed by atoms with van der Waals surface area (Å²) < 4.78 is 4.78. The summed E-state index contributed by atoms with van der Waals surface area (Å²) in [5.41, 5.74) is 0.436. The summed E-state index contributed by atoms with van der Waals surface area (Å²) in [6.45, 7) is 1.80. The van der Waals surface area contributed by atoms with Crippen molar-refractivity contribution < 1.29 is 24.2 Å². The fourth-order valence-electron chi connectivity index (χ4n) is 4.20. The second kappa shape index (κ2) is 12.0. The smallest absolute Gasteiger partial charge is 0.316 e. The van der Waals surface area contributed by atoms with Gasteiger partial charge in [0.1, 0.15) is 17.5 Å². The van der Waals surface area contributed by atoms with Gasteiger partial charge in [0.05, 0.1) is 12.7 Å². The van der Waals surface area contributed by atoms with Crippen molar-refractivity contribution in [3.63, 3.8) is 0 Å². The van der Waals surface area contributed by atoms with Gasteiger partial charge in [-0.1, -0.05) is 36.0 Å². The zero-order valence-corrected chi connectivity index (χ0v) is 18.4. The van der Waals surface area contributed by atoms with Crippen LogP contribution in [-0.2, 0) is 19.1 Å². The van der Waals surface area contributed by atoms with Crippen LogP contribution in [0.5, 0.6) is 0 Å². The third-order valence-electron chi connectivity index (χ3n) is 6.03. The zero-order chi connectivity index (χ0) is 22.0. The van der Waals surface area contributed by atoms with Crippen LogP contribution in [0.4, 0.5) is 0 Å². The number of carbonyl (C=O) groups excluding carboxylic acids is 3. The Labute approximate surface area is 180 Å². The third kappa shape index (κ3) is 7.67. The SMILES string of the molecule is COC(=O)C(C(=O)CCCCC=CC[C@@](C)(O)C=CC1=CCCC1)[C@H]1CCCC1=O. The molecule has 1 saturated carbocycles. The quantitative estimate of drug-likeness (QED) is 0.217. The van der Waals surface area contributed by atoms with Gasteiger partial charge in [-0.05, 0) is 64.7 Å². The maximum absolute atomic E-state index is 12.6. The van der Waals surface area contributed by atoms with Crippen LogP contribution in [0.15, 0.2) is 36.0 Å². The van der Waals surface area contributed by atoms with Gasteiger partial charge in [0.25, 0.3) is 0 Å². The number of ketones is 2. The molecule has 0 aromatic carbocycles. The molecule has 5 heteroatoms. The minimum Gasteiger partial charge on any atom is -0.468 e. The minimum atomic E-state index is -0.933. The Hall–Kier alpha value is -2.01. The summed E-state index contributed by atoms with van der Waals surface area (Å²) in [5, 5.41) is 10.4. The Kier molecular flexibility index (Phi) is 9.70. The van der Waals surface area contributed by atoms with Gasteiger partial charge >= 0.3 is 5.97 Å². The Morgan fingerprint density at radius 1 is 1.27 bits per heavy atom. The number of hydrogen-bond donors (Lipinski definition) is 1. The molecule has 1 fully saturated rings. The maximum atomic E-state index is 12.6. The van der Waals surface area contributed by atoms with Crippen molar-refractivity contribution in [3.05, 3.63) is 36.0 Å². The highest BCUT2D eigenvalue weighted by Gasteiger charge is 2.41. The molecule has 0 aromatic rings. The fourth-order valence-corrected chi connectivity index (χ4v) is 4.20. The number of methoxy groups -OCH3 is 1. The number of allylic oxidation sites excluding steroid dienone is 4. The van der Waals surface area contributed by atoms with E-state index < -0.39 is 23.4 Å². The number of carbonyl (C=O) groups is 3. The van der Waals surface area contributed by atoms with Crippen molar-refractivity contribution in [2.24, 2.45) is 11.8 Å². The van der Waals surface area contributed by atoms with Gasteiger partial charge < -0.3 is 9.84 Å². The summed E-state index contributed by atoms with van der Waals surface area (Å²) in [6.07, 6.45) is 18.4. The van der Waals surface area contributed by atoms with E-state index in [4.69, 9.17) is 4.74 Å². The Bertz CT molecular complexity index is 698. The van der Waals surface area contributed by atoms with Gasteiger partial charge in [-0.2, -0.15) is 0 Å². The lowest BCUT2D eigenvalue weighted by Gasteiger charge is -2.18. The van der Waals surface area contributed by atoms with Crippen LogP contribution < -0.4 is 0 Å². The van der Waals surface area contributed by atoms with Crippen molar-refractivity contribution in [2.75, 3.05) is 7.11 Å².